The third-order valence-electron chi connectivity index (χ3n) is 3.28. The summed E-state index contributed by atoms with van der Waals surface area (Å²) in [6.07, 6.45) is 1.57. The highest BCUT2D eigenvalue weighted by Crippen LogP contribution is 2.14. The van der Waals surface area contributed by atoms with Gasteiger partial charge in [0.25, 0.3) is 5.91 Å². The van der Waals surface area contributed by atoms with Gasteiger partial charge < -0.3 is 4.74 Å². The first-order valence-corrected chi connectivity index (χ1v) is 6.65. The monoisotopic (exact) mass is 282 g/mol. The van der Waals surface area contributed by atoms with E-state index in [0.717, 1.165) is 16.7 Å². The fourth-order valence-electron chi connectivity index (χ4n) is 1.88. The van der Waals surface area contributed by atoms with Gasteiger partial charge in [-0.15, -0.1) is 0 Å². The van der Waals surface area contributed by atoms with E-state index in [0.29, 0.717) is 11.3 Å². The smallest absolute Gasteiger partial charge is 0.271 e. The molecule has 2 rings (SSSR count). The Morgan fingerprint density at radius 3 is 2.62 bits per heavy atom. The number of aryl methyl sites for hydroxylation is 2. The number of benzene rings is 2. The number of ether oxygens (including phenoxy) is 1. The second-order valence-electron chi connectivity index (χ2n) is 4.74. The van der Waals surface area contributed by atoms with Gasteiger partial charge in [0.05, 0.1) is 13.3 Å². The molecule has 0 bridgehead atoms. The van der Waals surface area contributed by atoms with Crippen LogP contribution in [-0.4, -0.2) is 19.2 Å². The summed E-state index contributed by atoms with van der Waals surface area (Å²) >= 11 is 0. The highest BCUT2D eigenvalue weighted by Gasteiger charge is 2.05. The van der Waals surface area contributed by atoms with Gasteiger partial charge >= 0.3 is 0 Å². The number of hydrogen-bond acceptors (Lipinski definition) is 3. The number of hydrazone groups is 1. The predicted octanol–water partition coefficient (Wildman–Crippen LogP) is 3.08. The first-order chi connectivity index (χ1) is 10.1. The van der Waals surface area contributed by atoms with E-state index in [-0.39, 0.29) is 5.91 Å². The molecule has 0 aliphatic carbocycles. The first kappa shape index (κ1) is 14.8. The molecular formula is C17H18N2O2. The van der Waals surface area contributed by atoms with Crippen LogP contribution in [0.5, 0.6) is 5.75 Å². The highest BCUT2D eigenvalue weighted by atomic mass is 16.5. The molecule has 0 unspecified atom stereocenters. The van der Waals surface area contributed by atoms with Crippen molar-refractivity contribution in [1.82, 2.24) is 5.43 Å². The average molecular weight is 282 g/mol. The minimum absolute atomic E-state index is 0.232. The summed E-state index contributed by atoms with van der Waals surface area (Å²) in [5.41, 5.74) is 6.16. The number of amides is 1. The zero-order valence-electron chi connectivity index (χ0n) is 12.4. The Morgan fingerprint density at radius 2 is 1.90 bits per heavy atom. The number of carbonyl (C=O) groups excluding carboxylic acids is 1. The summed E-state index contributed by atoms with van der Waals surface area (Å²) in [4.78, 5) is 12.0. The minimum Gasteiger partial charge on any atom is -0.496 e. The van der Waals surface area contributed by atoms with Crippen molar-refractivity contribution >= 4 is 12.1 Å². The molecule has 0 atom stereocenters. The lowest BCUT2D eigenvalue weighted by Gasteiger charge is -2.05. The first-order valence-electron chi connectivity index (χ1n) is 6.65. The number of nitrogens with one attached hydrogen (secondary N) is 1. The Labute approximate surface area is 124 Å². The van der Waals surface area contributed by atoms with Crippen molar-refractivity contribution in [3.8, 4) is 5.75 Å². The van der Waals surface area contributed by atoms with E-state index in [1.54, 1.807) is 19.4 Å². The number of hydrogen-bond donors (Lipinski definition) is 1. The molecule has 0 aromatic heterocycles. The molecule has 0 aliphatic rings. The van der Waals surface area contributed by atoms with Crippen molar-refractivity contribution in [3.63, 3.8) is 0 Å². The van der Waals surface area contributed by atoms with Gasteiger partial charge in [0.2, 0.25) is 0 Å². The number of rotatable bonds is 4. The molecule has 2 aromatic carbocycles. The fourth-order valence-corrected chi connectivity index (χ4v) is 1.88. The van der Waals surface area contributed by atoms with Crippen molar-refractivity contribution in [2.24, 2.45) is 5.10 Å². The maximum Gasteiger partial charge on any atom is 0.271 e. The van der Waals surface area contributed by atoms with Crippen LogP contribution < -0.4 is 10.2 Å². The highest BCUT2D eigenvalue weighted by molar-refractivity contribution is 5.95. The van der Waals surface area contributed by atoms with Gasteiger partial charge in [-0.1, -0.05) is 18.2 Å². The summed E-state index contributed by atoms with van der Waals surface area (Å²) in [6.45, 7) is 3.99. The zero-order valence-corrected chi connectivity index (χ0v) is 12.4. The summed E-state index contributed by atoms with van der Waals surface area (Å²) in [6, 6.07) is 13.0. The normalized spacial score (nSPS) is 10.6. The van der Waals surface area contributed by atoms with Crippen molar-refractivity contribution in [2.45, 2.75) is 13.8 Å². The molecule has 4 nitrogen and oxygen atoms in total. The van der Waals surface area contributed by atoms with E-state index in [2.05, 4.69) is 10.5 Å². The van der Waals surface area contributed by atoms with E-state index in [1.165, 1.54) is 0 Å². The van der Waals surface area contributed by atoms with Crippen LogP contribution in [0.1, 0.15) is 27.0 Å². The standard InChI is InChI=1S/C17H18N2O2/c1-12-8-9-14(10-13(12)2)17(20)19-18-11-15-6-4-5-7-16(15)21-3/h4-11H,1-3H3,(H,19,20). The molecule has 0 fully saturated rings. The summed E-state index contributed by atoms with van der Waals surface area (Å²) in [5.74, 6) is 0.478. The molecule has 0 saturated heterocycles. The Bertz CT molecular complexity index is 678. The van der Waals surface area contributed by atoms with Crippen molar-refractivity contribution in [3.05, 3.63) is 64.7 Å². The molecule has 108 valence electrons. The second kappa shape index (κ2) is 6.70. The molecule has 1 amide bonds. The minimum atomic E-state index is -0.232. The lowest BCUT2D eigenvalue weighted by molar-refractivity contribution is 0.0955. The molecule has 0 heterocycles. The van der Waals surface area contributed by atoms with Crippen LogP contribution in [0.2, 0.25) is 0 Å². The summed E-state index contributed by atoms with van der Waals surface area (Å²) in [7, 11) is 1.60. The SMILES string of the molecule is COc1ccccc1C=NNC(=O)c1ccc(C)c(C)c1. The Morgan fingerprint density at radius 1 is 1.14 bits per heavy atom. The summed E-state index contributed by atoms with van der Waals surface area (Å²) in [5, 5.41) is 3.97. The molecule has 0 aliphatic heterocycles. The maximum absolute atomic E-state index is 12.0. The van der Waals surface area contributed by atoms with Crippen LogP contribution in [0, 0.1) is 13.8 Å². The molecule has 0 radical (unpaired) electrons. The van der Waals surface area contributed by atoms with Gasteiger partial charge in [0.15, 0.2) is 0 Å². The molecule has 0 spiro atoms. The largest absolute Gasteiger partial charge is 0.496 e. The topological polar surface area (TPSA) is 50.7 Å². The zero-order chi connectivity index (χ0) is 15.2. The molecule has 1 N–H and O–H groups in total. The van der Waals surface area contributed by atoms with Crippen LogP contribution in [0.15, 0.2) is 47.6 Å². The lowest BCUT2D eigenvalue weighted by atomic mass is 10.1. The van der Waals surface area contributed by atoms with Crippen LogP contribution in [0.4, 0.5) is 0 Å². The van der Waals surface area contributed by atoms with Crippen LogP contribution >= 0.6 is 0 Å². The molecule has 0 saturated carbocycles. The Kier molecular flexibility index (Phi) is 4.72. The second-order valence-corrected chi connectivity index (χ2v) is 4.74. The number of nitrogens with zero attached hydrogens (tertiary/aromatic N) is 1. The van der Waals surface area contributed by atoms with Crippen LogP contribution in [0.25, 0.3) is 0 Å². The van der Waals surface area contributed by atoms with E-state index in [1.807, 2.05) is 50.2 Å². The van der Waals surface area contributed by atoms with Gasteiger partial charge in [-0.2, -0.15) is 5.10 Å². The number of carbonyl (C=O) groups is 1. The van der Waals surface area contributed by atoms with E-state index < -0.39 is 0 Å². The van der Waals surface area contributed by atoms with E-state index >= 15 is 0 Å². The van der Waals surface area contributed by atoms with Gasteiger partial charge in [0, 0.05) is 11.1 Å². The van der Waals surface area contributed by atoms with Gasteiger partial charge in [-0.05, 0) is 49.2 Å². The van der Waals surface area contributed by atoms with Gasteiger partial charge in [-0.3, -0.25) is 4.79 Å². The molecule has 2 aromatic rings. The van der Waals surface area contributed by atoms with Gasteiger partial charge in [-0.25, -0.2) is 5.43 Å². The van der Waals surface area contributed by atoms with Crippen LogP contribution in [0.3, 0.4) is 0 Å². The third kappa shape index (κ3) is 3.69. The van der Waals surface area contributed by atoms with Crippen LogP contribution in [-0.2, 0) is 0 Å². The fraction of sp³-hybridized carbons (Fsp3) is 0.176. The van der Waals surface area contributed by atoms with Crippen molar-refractivity contribution in [1.29, 1.82) is 0 Å². The quantitative estimate of drug-likeness (QED) is 0.692. The molecule has 21 heavy (non-hydrogen) atoms. The van der Waals surface area contributed by atoms with E-state index in [9.17, 15) is 4.79 Å². The molecular weight excluding hydrogens is 264 g/mol. The average Bonchev–Trinajstić information content (AvgIpc) is 2.50. The van der Waals surface area contributed by atoms with Gasteiger partial charge in [0.1, 0.15) is 5.75 Å². The maximum atomic E-state index is 12.0. The third-order valence-corrected chi connectivity index (χ3v) is 3.28. The number of para-hydroxylation sites is 1. The predicted molar refractivity (Wildman–Crippen MR) is 84.0 cm³/mol. The van der Waals surface area contributed by atoms with E-state index in [4.69, 9.17) is 4.74 Å². The Hall–Kier alpha value is -2.62. The van der Waals surface area contributed by atoms with Crippen molar-refractivity contribution in [2.75, 3.05) is 7.11 Å². The molecule has 4 heteroatoms. The lowest BCUT2D eigenvalue weighted by Crippen LogP contribution is -2.17. The Balaban J connectivity index is 2.06. The summed E-state index contributed by atoms with van der Waals surface area (Å²) < 4.78 is 5.21. The van der Waals surface area contributed by atoms with Crippen molar-refractivity contribution < 1.29 is 9.53 Å². The number of methoxy groups -OCH3 is 1.